The summed E-state index contributed by atoms with van der Waals surface area (Å²) >= 11 is 4.83. The Kier molecular flexibility index (Phi) is 5.51. The van der Waals surface area contributed by atoms with Gasteiger partial charge in [-0.15, -0.1) is 0 Å². The third-order valence-electron chi connectivity index (χ3n) is 2.37. The number of pyridine rings is 1. The van der Waals surface area contributed by atoms with Crippen molar-refractivity contribution in [3.05, 3.63) is 24.0 Å². The molecule has 2 N–H and O–H groups in total. The van der Waals surface area contributed by atoms with Gasteiger partial charge in [-0.25, -0.2) is 0 Å². The van der Waals surface area contributed by atoms with Gasteiger partial charge >= 0.3 is 5.97 Å². The molecule has 0 saturated carbocycles. The second-order valence-corrected chi connectivity index (χ2v) is 4.02. The predicted octanol–water partition coefficient (Wildman–Crippen LogP) is 1.11. The summed E-state index contributed by atoms with van der Waals surface area (Å²) in [4.78, 5) is 17.7. The van der Waals surface area contributed by atoms with Crippen molar-refractivity contribution >= 4 is 28.9 Å². The molecule has 1 heterocycles. The van der Waals surface area contributed by atoms with E-state index in [0.29, 0.717) is 18.8 Å². The fourth-order valence-corrected chi connectivity index (χ4v) is 1.59. The van der Waals surface area contributed by atoms with Crippen LogP contribution in [-0.4, -0.2) is 35.6 Å². The van der Waals surface area contributed by atoms with Crippen LogP contribution in [0.5, 0.6) is 0 Å². The van der Waals surface area contributed by atoms with Gasteiger partial charge in [0, 0.05) is 6.54 Å². The van der Waals surface area contributed by atoms with Crippen LogP contribution >= 0.6 is 12.2 Å². The van der Waals surface area contributed by atoms with Crippen molar-refractivity contribution in [2.24, 2.45) is 5.73 Å². The monoisotopic (exact) mass is 267 g/mol. The summed E-state index contributed by atoms with van der Waals surface area (Å²) in [6.45, 7) is 5.02. The molecule has 6 heteroatoms. The topological polar surface area (TPSA) is 68.5 Å². The van der Waals surface area contributed by atoms with Crippen LogP contribution in [0.1, 0.15) is 19.5 Å². The standard InChI is InChI=1S/C12H17N3O2S/c1-3-15(8-11(16)17-4-2)9-5-6-10(12(13)18)14-7-9/h5-7H,3-4,8H2,1-2H3,(H2,13,18). The Balaban J connectivity index is 2.76. The van der Waals surface area contributed by atoms with Crippen LogP contribution in [0, 0.1) is 0 Å². The molecule has 0 radical (unpaired) electrons. The Morgan fingerprint density at radius 2 is 2.22 bits per heavy atom. The summed E-state index contributed by atoms with van der Waals surface area (Å²) in [6.07, 6.45) is 1.65. The van der Waals surface area contributed by atoms with Crippen LogP contribution in [0.4, 0.5) is 5.69 Å². The molecule has 0 unspecified atom stereocenters. The molecular formula is C12H17N3O2S. The number of rotatable bonds is 6. The Morgan fingerprint density at radius 1 is 1.50 bits per heavy atom. The van der Waals surface area contributed by atoms with Crippen LogP contribution in [-0.2, 0) is 9.53 Å². The van der Waals surface area contributed by atoms with Crippen LogP contribution < -0.4 is 10.6 Å². The van der Waals surface area contributed by atoms with Gasteiger partial charge in [-0.05, 0) is 26.0 Å². The van der Waals surface area contributed by atoms with E-state index < -0.39 is 0 Å². The lowest BCUT2D eigenvalue weighted by atomic mass is 10.3. The molecule has 0 aliphatic carbocycles. The minimum Gasteiger partial charge on any atom is -0.465 e. The lowest BCUT2D eigenvalue weighted by Gasteiger charge is -2.21. The molecule has 5 nitrogen and oxygen atoms in total. The van der Waals surface area contributed by atoms with E-state index in [0.717, 1.165) is 5.69 Å². The number of ether oxygens (including phenoxy) is 1. The lowest BCUT2D eigenvalue weighted by molar-refractivity contribution is -0.141. The van der Waals surface area contributed by atoms with Gasteiger partial charge in [-0.2, -0.15) is 0 Å². The van der Waals surface area contributed by atoms with Gasteiger partial charge in [0.25, 0.3) is 0 Å². The molecule has 1 aromatic rings. The fourth-order valence-electron chi connectivity index (χ4n) is 1.47. The van der Waals surface area contributed by atoms with Crippen LogP contribution in [0.25, 0.3) is 0 Å². The van der Waals surface area contributed by atoms with Gasteiger partial charge in [-0.3, -0.25) is 9.78 Å². The molecule has 1 aromatic heterocycles. The van der Waals surface area contributed by atoms with Gasteiger partial charge < -0.3 is 15.4 Å². The second-order valence-electron chi connectivity index (χ2n) is 3.59. The molecule has 0 atom stereocenters. The van der Waals surface area contributed by atoms with E-state index in [9.17, 15) is 4.79 Å². The number of thiocarbonyl (C=S) groups is 1. The third-order valence-corrected chi connectivity index (χ3v) is 2.58. The van der Waals surface area contributed by atoms with E-state index in [-0.39, 0.29) is 17.5 Å². The number of anilines is 1. The van der Waals surface area contributed by atoms with Crippen molar-refractivity contribution in [3.63, 3.8) is 0 Å². The highest BCUT2D eigenvalue weighted by Crippen LogP contribution is 2.12. The van der Waals surface area contributed by atoms with E-state index in [4.69, 9.17) is 22.7 Å². The number of aromatic nitrogens is 1. The molecule has 18 heavy (non-hydrogen) atoms. The molecule has 0 aliphatic rings. The largest absolute Gasteiger partial charge is 0.465 e. The van der Waals surface area contributed by atoms with Crippen molar-refractivity contribution in [1.29, 1.82) is 0 Å². The Hall–Kier alpha value is -1.69. The second kappa shape index (κ2) is 6.90. The number of nitrogens with zero attached hydrogens (tertiary/aromatic N) is 2. The Morgan fingerprint density at radius 3 is 2.67 bits per heavy atom. The summed E-state index contributed by atoms with van der Waals surface area (Å²) in [5.74, 6) is -0.252. The minimum atomic E-state index is -0.252. The molecule has 0 bridgehead atoms. The third kappa shape index (κ3) is 3.96. The van der Waals surface area contributed by atoms with Crippen LogP contribution in [0.2, 0.25) is 0 Å². The van der Waals surface area contributed by atoms with Crippen molar-refractivity contribution in [2.45, 2.75) is 13.8 Å². The first-order valence-electron chi connectivity index (χ1n) is 5.74. The zero-order valence-electron chi connectivity index (χ0n) is 10.5. The zero-order chi connectivity index (χ0) is 13.5. The lowest BCUT2D eigenvalue weighted by Crippen LogP contribution is -2.31. The van der Waals surface area contributed by atoms with Crippen LogP contribution in [0.3, 0.4) is 0 Å². The molecule has 0 fully saturated rings. The van der Waals surface area contributed by atoms with Crippen molar-refractivity contribution < 1.29 is 9.53 Å². The number of nitrogens with two attached hydrogens (primary N) is 1. The smallest absolute Gasteiger partial charge is 0.325 e. The summed E-state index contributed by atoms with van der Waals surface area (Å²) in [5, 5.41) is 0. The number of esters is 1. The maximum Gasteiger partial charge on any atom is 0.325 e. The predicted molar refractivity (Wildman–Crippen MR) is 74.6 cm³/mol. The van der Waals surface area contributed by atoms with Gasteiger partial charge in [0.05, 0.1) is 24.2 Å². The average Bonchev–Trinajstić information content (AvgIpc) is 2.36. The molecule has 1 rings (SSSR count). The van der Waals surface area contributed by atoms with Gasteiger partial charge in [0.1, 0.15) is 11.5 Å². The van der Waals surface area contributed by atoms with Gasteiger partial charge in [0.2, 0.25) is 0 Å². The van der Waals surface area contributed by atoms with E-state index in [2.05, 4.69) is 4.98 Å². The fraction of sp³-hybridized carbons (Fsp3) is 0.417. The maximum absolute atomic E-state index is 11.4. The Bertz CT molecular complexity index is 420. The molecule has 0 aromatic carbocycles. The molecule has 98 valence electrons. The number of likely N-dealkylation sites (N-methyl/N-ethyl adjacent to an activating group) is 1. The normalized spacial score (nSPS) is 9.89. The summed E-state index contributed by atoms with van der Waals surface area (Å²) in [7, 11) is 0. The average molecular weight is 267 g/mol. The van der Waals surface area contributed by atoms with E-state index in [1.807, 2.05) is 17.9 Å². The number of hydrogen-bond donors (Lipinski definition) is 1. The molecule has 0 amide bonds. The number of carbonyl (C=O) groups excluding carboxylic acids is 1. The van der Waals surface area contributed by atoms with E-state index >= 15 is 0 Å². The first-order valence-corrected chi connectivity index (χ1v) is 6.15. The summed E-state index contributed by atoms with van der Waals surface area (Å²) < 4.78 is 4.92. The van der Waals surface area contributed by atoms with E-state index in [1.165, 1.54) is 0 Å². The van der Waals surface area contributed by atoms with Gasteiger partial charge in [0.15, 0.2) is 0 Å². The van der Waals surface area contributed by atoms with Gasteiger partial charge in [-0.1, -0.05) is 12.2 Å². The quantitative estimate of drug-likeness (QED) is 0.615. The zero-order valence-corrected chi connectivity index (χ0v) is 11.4. The first-order chi connectivity index (χ1) is 8.58. The van der Waals surface area contributed by atoms with Crippen molar-refractivity contribution in [2.75, 3.05) is 24.6 Å². The highest BCUT2D eigenvalue weighted by atomic mass is 32.1. The molecule has 0 spiro atoms. The van der Waals surface area contributed by atoms with Crippen molar-refractivity contribution in [1.82, 2.24) is 4.98 Å². The highest BCUT2D eigenvalue weighted by Gasteiger charge is 2.11. The number of carbonyl (C=O) groups is 1. The summed E-state index contributed by atoms with van der Waals surface area (Å²) in [5.41, 5.74) is 6.88. The van der Waals surface area contributed by atoms with Crippen LogP contribution in [0.15, 0.2) is 18.3 Å². The molecule has 0 aliphatic heterocycles. The summed E-state index contributed by atoms with van der Waals surface area (Å²) in [6, 6.07) is 3.58. The number of hydrogen-bond acceptors (Lipinski definition) is 5. The Labute approximate surface area is 112 Å². The highest BCUT2D eigenvalue weighted by molar-refractivity contribution is 7.80. The maximum atomic E-state index is 11.4. The minimum absolute atomic E-state index is 0.207. The molecule has 0 saturated heterocycles. The molecular weight excluding hydrogens is 250 g/mol. The SMILES string of the molecule is CCOC(=O)CN(CC)c1ccc(C(N)=S)nc1. The first kappa shape index (κ1) is 14.4. The van der Waals surface area contributed by atoms with Crippen molar-refractivity contribution in [3.8, 4) is 0 Å². The van der Waals surface area contributed by atoms with E-state index in [1.54, 1.807) is 19.2 Å².